The van der Waals surface area contributed by atoms with Gasteiger partial charge in [0, 0.05) is 5.56 Å². The SMILES string of the molecule is Cc1ccc(C(=O)NC(C)/C(N)=N/O)cc1. The van der Waals surface area contributed by atoms with Crippen molar-refractivity contribution in [2.24, 2.45) is 10.9 Å². The molecule has 86 valence electrons. The second kappa shape index (κ2) is 5.16. The highest BCUT2D eigenvalue weighted by Crippen LogP contribution is 2.03. The summed E-state index contributed by atoms with van der Waals surface area (Å²) >= 11 is 0. The highest BCUT2D eigenvalue weighted by atomic mass is 16.4. The van der Waals surface area contributed by atoms with E-state index < -0.39 is 6.04 Å². The van der Waals surface area contributed by atoms with E-state index in [0.29, 0.717) is 5.56 Å². The minimum atomic E-state index is -0.501. The summed E-state index contributed by atoms with van der Waals surface area (Å²) in [5, 5.41) is 13.9. The van der Waals surface area contributed by atoms with Crippen LogP contribution in [-0.4, -0.2) is 23.0 Å². The summed E-state index contributed by atoms with van der Waals surface area (Å²) in [6.07, 6.45) is 0. The zero-order valence-electron chi connectivity index (χ0n) is 9.27. The molecule has 0 fully saturated rings. The molecule has 1 atom stereocenters. The molecule has 16 heavy (non-hydrogen) atoms. The lowest BCUT2D eigenvalue weighted by Crippen LogP contribution is -2.42. The van der Waals surface area contributed by atoms with Gasteiger partial charge in [0.1, 0.15) is 0 Å². The molecule has 0 aliphatic heterocycles. The number of aryl methyl sites for hydroxylation is 1. The minimum Gasteiger partial charge on any atom is -0.409 e. The summed E-state index contributed by atoms with van der Waals surface area (Å²) in [5.41, 5.74) is 6.98. The summed E-state index contributed by atoms with van der Waals surface area (Å²) < 4.78 is 0. The molecule has 1 rings (SSSR count). The van der Waals surface area contributed by atoms with Gasteiger partial charge in [-0.1, -0.05) is 22.9 Å². The molecule has 5 nitrogen and oxygen atoms in total. The van der Waals surface area contributed by atoms with Crippen LogP contribution in [0.25, 0.3) is 0 Å². The van der Waals surface area contributed by atoms with Crippen LogP contribution in [0.1, 0.15) is 22.8 Å². The number of oxime groups is 1. The van der Waals surface area contributed by atoms with Crippen molar-refractivity contribution in [2.45, 2.75) is 19.9 Å². The molecular formula is C11H15N3O2. The highest BCUT2D eigenvalue weighted by Gasteiger charge is 2.12. The van der Waals surface area contributed by atoms with Gasteiger partial charge in [-0.3, -0.25) is 4.79 Å². The Labute approximate surface area is 94.0 Å². The van der Waals surface area contributed by atoms with Crippen LogP contribution in [0.2, 0.25) is 0 Å². The van der Waals surface area contributed by atoms with E-state index in [1.165, 1.54) is 0 Å². The molecule has 0 heterocycles. The number of hydrogen-bond donors (Lipinski definition) is 3. The molecule has 0 bridgehead atoms. The van der Waals surface area contributed by atoms with E-state index in [9.17, 15) is 4.79 Å². The van der Waals surface area contributed by atoms with E-state index in [-0.39, 0.29) is 11.7 Å². The molecule has 0 radical (unpaired) electrons. The number of rotatable bonds is 3. The van der Waals surface area contributed by atoms with Crippen LogP contribution in [0, 0.1) is 6.92 Å². The standard InChI is InChI=1S/C11H15N3O2/c1-7-3-5-9(6-4-7)11(15)13-8(2)10(12)14-16/h3-6,8,16H,1-2H3,(H2,12,14)(H,13,15). The second-order valence-corrected chi connectivity index (χ2v) is 3.59. The van der Waals surface area contributed by atoms with Crippen molar-refractivity contribution < 1.29 is 10.0 Å². The fraction of sp³-hybridized carbons (Fsp3) is 0.273. The molecule has 0 aliphatic rings. The highest BCUT2D eigenvalue weighted by molar-refractivity contribution is 5.98. The summed E-state index contributed by atoms with van der Waals surface area (Å²) in [6, 6.07) is 6.65. The van der Waals surface area contributed by atoms with Crippen molar-refractivity contribution in [1.29, 1.82) is 0 Å². The van der Waals surface area contributed by atoms with E-state index in [1.54, 1.807) is 19.1 Å². The lowest BCUT2D eigenvalue weighted by atomic mass is 10.1. The Kier molecular flexibility index (Phi) is 3.88. The molecule has 0 aromatic heterocycles. The third kappa shape index (κ3) is 2.98. The zero-order chi connectivity index (χ0) is 12.1. The Morgan fingerprint density at radius 2 is 2.00 bits per heavy atom. The van der Waals surface area contributed by atoms with E-state index >= 15 is 0 Å². The van der Waals surface area contributed by atoms with Gasteiger partial charge in [0.25, 0.3) is 5.91 Å². The third-order valence-corrected chi connectivity index (χ3v) is 2.22. The first-order valence-corrected chi connectivity index (χ1v) is 4.89. The van der Waals surface area contributed by atoms with E-state index in [2.05, 4.69) is 10.5 Å². The summed E-state index contributed by atoms with van der Waals surface area (Å²) in [6.45, 7) is 3.59. The van der Waals surface area contributed by atoms with Crippen LogP contribution in [0.5, 0.6) is 0 Å². The van der Waals surface area contributed by atoms with Crippen LogP contribution in [0.3, 0.4) is 0 Å². The molecule has 1 unspecified atom stereocenters. The summed E-state index contributed by atoms with van der Waals surface area (Å²) in [5.74, 6) is -0.278. The van der Waals surface area contributed by atoms with Crippen molar-refractivity contribution in [1.82, 2.24) is 5.32 Å². The van der Waals surface area contributed by atoms with Gasteiger partial charge in [-0.25, -0.2) is 0 Å². The van der Waals surface area contributed by atoms with Gasteiger partial charge in [-0.05, 0) is 26.0 Å². The van der Waals surface area contributed by atoms with Gasteiger partial charge in [-0.2, -0.15) is 0 Å². The number of nitrogens with zero attached hydrogens (tertiary/aromatic N) is 1. The molecule has 1 amide bonds. The lowest BCUT2D eigenvalue weighted by Gasteiger charge is -2.12. The average molecular weight is 221 g/mol. The van der Waals surface area contributed by atoms with Gasteiger partial charge in [0.05, 0.1) is 6.04 Å². The first-order chi connectivity index (χ1) is 7.54. The summed E-state index contributed by atoms with van der Waals surface area (Å²) in [7, 11) is 0. The van der Waals surface area contributed by atoms with Gasteiger partial charge < -0.3 is 16.3 Å². The fourth-order valence-corrected chi connectivity index (χ4v) is 1.15. The monoisotopic (exact) mass is 221 g/mol. The Morgan fingerprint density at radius 1 is 1.44 bits per heavy atom. The molecule has 0 saturated heterocycles. The van der Waals surface area contributed by atoms with Crippen LogP contribution in [-0.2, 0) is 0 Å². The number of carbonyl (C=O) groups is 1. The topological polar surface area (TPSA) is 87.7 Å². The molecule has 1 aromatic rings. The third-order valence-electron chi connectivity index (χ3n) is 2.22. The van der Waals surface area contributed by atoms with Gasteiger partial charge in [0.15, 0.2) is 5.84 Å². The molecule has 0 aliphatic carbocycles. The Bertz CT molecular complexity index is 398. The zero-order valence-corrected chi connectivity index (χ0v) is 9.27. The van der Waals surface area contributed by atoms with Crippen LogP contribution in [0.4, 0.5) is 0 Å². The molecule has 1 aromatic carbocycles. The average Bonchev–Trinajstić information content (AvgIpc) is 2.28. The largest absolute Gasteiger partial charge is 0.409 e. The Morgan fingerprint density at radius 3 is 2.50 bits per heavy atom. The molecule has 4 N–H and O–H groups in total. The minimum absolute atomic E-state index is 0.0274. The van der Waals surface area contributed by atoms with E-state index in [0.717, 1.165) is 5.56 Å². The predicted molar refractivity (Wildman–Crippen MR) is 61.5 cm³/mol. The van der Waals surface area contributed by atoms with Crippen LogP contribution in [0.15, 0.2) is 29.4 Å². The predicted octanol–water partition coefficient (Wildman–Crippen LogP) is 0.860. The molecule has 0 spiro atoms. The van der Waals surface area contributed by atoms with Crippen LogP contribution < -0.4 is 11.1 Å². The summed E-state index contributed by atoms with van der Waals surface area (Å²) in [4.78, 5) is 11.7. The molecule has 5 heteroatoms. The van der Waals surface area contributed by atoms with Gasteiger partial charge in [0.2, 0.25) is 0 Å². The quantitative estimate of drug-likeness (QED) is 0.306. The van der Waals surface area contributed by atoms with Crippen LogP contribution >= 0.6 is 0 Å². The van der Waals surface area contributed by atoms with Crippen molar-refractivity contribution in [2.75, 3.05) is 0 Å². The first kappa shape index (κ1) is 12.0. The normalized spacial score (nSPS) is 13.2. The second-order valence-electron chi connectivity index (χ2n) is 3.59. The maximum absolute atomic E-state index is 11.7. The smallest absolute Gasteiger partial charge is 0.251 e. The van der Waals surface area contributed by atoms with Gasteiger partial charge in [-0.15, -0.1) is 0 Å². The Balaban J connectivity index is 2.69. The van der Waals surface area contributed by atoms with Crippen molar-refractivity contribution in [3.05, 3.63) is 35.4 Å². The maximum atomic E-state index is 11.7. The maximum Gasteiger partial charge on any atom is 0.251 e. The Hall–Kier alpha value is -2.04. The van der Waals surface area contributed by atoms with E-state index in [4.69, 9.17) is 10.9 Å². The van der Waals surface area contributed by atoms with Gasteiger partial charge >= 0.3 is 0 Å². The number of nitrogens with one attached hydrogen (secondary N) is 1. The van der Waals surface area contributed by atoms with Crippen molar-refractivity contribution in [3.8, 4) is 0 Å². The number of amides is 1. The number of amidine groups is 1. The number of nitrogens with two attached hydrogens (primary N) is 1. The first-order valence-electron chi connectivity index (χ1n) is 4.89. The lowest BCUT2D eigenvalue weighted by molar-refractivity contribution is 0.0948. The van der Waals surface area contributed by atoms with Crippen molar-refractivity contribution in [3.63, 3.8) is 0 Å². The number of hydrogen-bond acceptors (Lipinski definition) is 3. The molecular weight excluding hydrogens is 206 g/mol. The van der Waals surface area contributed by atoms with Crippen molar-refractivity contribution >= 4 is 11.7 Å². The molecule has 0 saturated carbocycles. The number of benzene rings is 1. The van der Waals surface area contributed by atoms with E-state index in [1.807, 2.05) is 19.1 Å². The fourth-order valence-electron chi connectivity index (χ4n) is 1.15. The number of carbonyl (C=O) groups excluding carboxylic acids is 1.